The maximum atomic E-state index is 14.9. The maximum Gasteiger partial charge on any atom is 0.137 e. The van der Waals surface area contributed by atoms with Crippen LogP contribution in [-0.2, 0) is 0 Å². The van der Waals surface area contributed by atoms with Gasteiger partial charge in [0, 0.05) is 12.1 Å². The van der Waals surface area contributed by atoms with Crippen LogP contribution in [0.25, 0.3) is 11.1 Å². The van der Waals surface area contributed by atoms with Gasteiger partial charge in [-0.3, -0.25) is 0 Å². The van der Waals surface area contributed by atoms with Gasteiger partial charge in [-0.05, 0) is 55.2 Å². The van der Waals surface area contributed by atoms with Gasteiger partial charge < -0.3 is 4.74 Å². The first-order valence-corrected chi connectivity index (χ1v) is 10.5. The molecule has 3 rings (SSSR count). The second kappa shape index (κ2) is 9.64. The van der Waals surface area contributed by atoms with Gasteiger partial charge in [-0.25, -0.2) is 17.6 Å². The van der Waals surface area contributed by atoms with Crippen molar-refractivity contribution in [3.8, 4) is 16.9 Å². The zero-order valence-electron chi connectivity index (χ0n) is 17.0. The Labute approximate surface area is 170 Å². The van der Waals surface area contributed by atoms with E-state index in [1.165, 1.54) is 44.9 Å². The van der Waals surface area contributed by atoms with Crippen molar-refractivity contribution in [1.29, 1.82) is 0 Å². The molecule has 1 aliphatic rings. The molecule has 0 unspecified atom stereocenters. The molecular weight excluding hydrogens is 380 g/mol. The molecule has 0 aromatic heterocycles. The number of hydrogen-bond acceptors (Lipinski definition) is 1. The van der Waals surface area contributed by atoms with Crippen molar-refractivity contribution in [2.45, 2.75) is 64.2 Å². The molecule has 1 fully saturated rings. The highest BCUT2D eigenvalue weighted by Crippen LogP contribution is 2.41. The molecule has 5 heteroatoms. The molecule has 2 aromatic rings. The first-order chi connectivity index (χ1) is 13.9. The molecule has 2 aromatic carbocycles. The third kappa shape index (κ3) is 4.93. The van der Waals surface area contributed by atoms with Crippen molar-refractivity contribution in [1.82, 2.24) is 0 Å². The molecule has 29 heavy (non-hydrogen) atoms. The lowest BCUT2D eigenvalue weighted by Crippen LogP contribution is -2.14. The minimum atomic E-state index is -1.06. The molecule has 0 atom stereocenters. The van der Waals surface area contributed by atoms with Gasteiger partial charge >= 0.3 is 0 Å². The third-order valence-electron chi connectivity index (χ3n) is 6.09. The zero-order valence-corrected chi connectivity index (χ0v) is 17.0. The number of halogens is 4. The number of ether oxygens (including phenoxy) is 1. The molecule has 0 aliphatic heterocycles. The van der Waals surface area contributed by atoms with Gasteiger partial charge in [0.25, 0.3) is 0 Å². The van der Waals surface area contributed by atoms with E-state index < -0.39 is 34.4 Å². The summed E-state index contributed by atoms with van der Waals surface area (Å²) in [7, 11) is 1.21. The first kappa shape index (κ1) is 21.7. The molecule has 0 radical (unpaired) electrons. The molecule has 1 saturated carbocycles. The van der Waals surface area contributed by atoms with Crippen LogP contribution in [0, 0.1) is 29.2 Å². The van der Waals surface area contributed by atoms with Crippen molar-refractivity contribution in [2.75, 3.05) is 7.11 Å². The van der Waals surface area contributed by atoms with Gasteiger partial charge in [0.2, 0.25) is 0 Å². The minimum absolute atomic E-state index is 0.107. The van der Waals surface area contributed by atoms with E-state index in [-0.39, 0.29) is 11.7 Å². The van der Waals surface area contributed by atoms with Gasteiger partial charge in [0.15, 0.2) is 0 Å². The number of methoxy groups -OCH3 is 1. The van der Waals surface area contributed by atoms with Gasteiger partial charge in [0.05, 0.1) is 18.2 Å². The summed E-state index contributed by atoms with van der Waals surface area (Å²) in [5, 5.41) is 0. The fraction of sp³-hybridized carbons (Fsp3) is 0.500. The molecule has 0 saturated heterocycles. The molecule has 0 spiro atoms. The van der Waals surface area contributed by atoms with Gasteiger partial charge in [-0.2, -0.15) is 0 Å². The van der Waals surface area contributed by atoms with Crippen LogP contribution in [0.5, 0.6) is 5.75 Å². The Bertz CT molecular complexity index is 818. The molecule has 0 heterocycles. The smallest absolute Gasteiger partial charge is 0.137 e. The Morgan fingerprint density at radius 2 is 1.45 bits per heavy atom. The second-order valence-electron chi connectivity index (χ2n) is 8.04. The Morgan fingerprint density at radius 1 is 0.828 bits per heavy atom. The van der Waals surface area contributed by atoms with E-state index >= 15 is 0 Å². The fourth-order valence-corrected chi connectivity index (χ4v) is 4.49. The van der Waals surface area contributed by atoms with Crippen LogP contribution in [0.2, 0.25) is 0 Å². The SMILES string of the molecule is CCCCCC1CCC(c2cc(F)c(-c3c(F)cc(F)cc3OC)c(F)c2)CC1. The predicted octanol–water partition coefficient (Wildman–Crippen LogP) is 7.77. The largest absolute Gasteiger partial charge is 0.496 e. The van der Waals surface area contributed by atoms with Gasteiger partial charge in [-0.1, -0.05) is 32.6 Å². The van der Waals surface area contributed by atoms with Crippen molar-refractivity contribution in [2.24, 2.45) is 5.92 Å². The average Bonchev–Trinajstić information content (AvgIpc) is 2.69. The molecular formula is C24H28F4O. The standard InChI is InChI=1S/C24H28F4O/c1-3-4-5-6-15-7-9-16(10-8-15)17-11-19(26)23(20(27)12-17)24-21(28)13-18(25)14-22(24)29-2/h11-16H,3-10H2,1-2H3. The molecule has 158 valence electrons. The van der Waals surface area contributed by atoms with E-state index in [9.17, 15) is 17.6 Å². The number of hydrogen-bond donors (Lipinski definition) is 0. The van der Waals surface area contributed by atoms with Crippen LogP contribution in [0.1, 0.15) is 69.8 Å². The predicted molar refractivity (Wildman–Crippen MR) is 107 cm³/mol. The van der Waals surface area contributed by atoms with Crippen LogP contribution in [0.15, 0.2) is 24.3 Å². The van der Waals surface area contributed by atoms with E-state index in [2.05, 4.69) is 6.92 Å². The highest BCUT2D eigenvalue weighted by molar-refractivity contribution is 5.72. The first-order valence-electron chi connectivity index (χ1n) is 10.5. The summed E-state index contributed by atoms with van der Waals surface area (Å²) in [6.07, 6.45) is 8.88. The Hall–Kier alpha value is -2.04. The lowest BCUT2D eigenvalue weighted by atomic mass is 9.76. The highest BCUT2D eigenvalue weighted by Gasteiger charge is 2.26. The van der Waals surface area contributed by atoms with Crippen LogP contribution in [-0.4, -0.2) is 7.11 Å². The maximum absolute atomic E-state index is 14.9. The Kier molecular flexibility index (Phi) is 7.20. The molecule has 0 bridgehead atoms. The molecule has 0 amide bonds. The highest BCUT2D eigenvalue weighted by atomic mass is 19.1. The van der Waals surface area contributed by atoms with Crippen molar-refractivity contribution >= 4 is 0 Å². The summed E-state index contributed by atoms with van der Waals surface area (Å²) in [6, 6.07) is 4.11. The monoisotopic (exact) mass is 408 g/mol. The summed E-state index contributed by atoms with van der Waals surface area (Å²) < 4.78 is 62.5. The van der Waals surface area contributed by atoms with E-state index in [0.717, 1.165) is 31.7 Å². The summed E-state index contributed by atoms with van der Waals surface area (Å²) in [4.78, 5) is 0. The van der Waals surface area contributed by atoms with Crippen LogP contribution < -0.4 is 4.74 Å². The zero-order chi connectivity index (χ0) is 21.0. The van der Waals surface area contributed by atoms with E-state index in [0.29, 0.717) is 17.5 Å². The summed E-state index contributed by atoms with van der Waals surface area (Å²) in [5.74, 6) is -3.06. The fourth-order valence-electron chi connectivity index (χ4n) is 4.49. The van der Waals surface area contributed by atoms with Gasteiger partial charge in [0.1, 0.15) is 29.0 Å². The number of rotatable bonds is 7. The number of benzene rings is 2. The quantitative estimate of drug-likeness (QED) is 0.336. The van der Waals surface area contributed by atoms with E-state index in [4.69, 9.17) is 4.74 Å². The Balaban J connectivity index is 1.81. The minimum Gasteiger partial charge on any atom is -0.496 e. The summed E-state index contributed by atoms with van der Waals surface area (Å²) in [6.45, 7) is 2.19. The average molecular weight is 408 g/mol. The topological polar surface area (TPSA) is 9.23 Å². The van der Waals surface area contributed by atoms with E-state index in [1.807, 2.05) is 0 Å². The van der Waals surface area contributed by atoms with Crippen molar-refractivity contribution in [3.05, 3.63) is 53.1 Å². The second-order valence-corrected chi connectivity index (χ2v) is 8.04. The van der Waals surface area contributed by atoms with Crippen molar-refractivity contribution in [3.63, 3.8) is 0 Å². The summed E-state index contributed by atoms with van der Waals surface area (Å²) in [5.41, 5.74) is -0.302. The lowest BCUT2D eigenvalue weighted by Gasteiger charge is -2.29. The Morgan fingerprint density at radius 3 is 2.03 bits per heavy atom. The number of unbranched alkanes of at least 4 members (excludes halogenated alkanes) is 2. The molecule has 0 N–H and O–H groups in total. The van der Waals surface area contributed by atoms with Gasteiger partial charge in [-0.15, -0.1) is 0 Å². The van der Waals surface area contributed by atoms with Crippen molar-refractivity contribution < 1.29 is 22.3 Å². The van der Waals surface area contributed by atoms with E-state index in [1.54, 1.807) is 0 Å². The third-order valence-corrected chi connectivity index (χ3v) is 6.09. The lowest BCUT2D eigenvalue weighted by molar-refractivity contribution is 0.302. The van der Waals surface area contributed by atoms with Crippen LogP contribution >= 0.6 is 0 Å². The van der Waals surface area contributed by atoms with Crippen LogP contribution in [0.4, 0.5) is 17.6 Å². The molecule has 1 aliphatic carbocycles. The normalized spacial score (nSPS) is 19.4. The summed E-state index contributed by atoms with van der Waals surface area (Å²) >= 11 is 0. The van der Waals surface area contributed by atoms with Crippen LogP contribution in [0.3, 0.4) is 0 Å². The molecule has 1 nitrogen and oxygen atoms in total.